The maximum Gasteiger partial charge on any atom is 0.325 e. The fourth-order valence-corrected chi connectivity index (χ4v) is 6.46. The molecule has 1 aliphatic carbocycles. The van der Waals surface area contributed by atoms with Crippen molar-refractivity contribution in [1.29, 1.82) is 0 Å². The van der Waals surface area contributed by atoms with Crippen molar-refractivity contribution in [3.05, 3.63) is 35.4 Å². The van der Waals surface area contributed by atoms with Crippen LogP contribution in [-0.2, 0) is 31.4 Å². The van der Waals surface area contributed by atoms with E-state index in [4.69, 9.17) is 0 Å². The zero-order valence-electron chi connectivity index (χ0n) is 16.4. The van der Waals surface area contributed by atoms with Gasteiger partial charge in [0.2, 0.25) is 5.91 Å². The molecule has 2 unspecified atom stereocenters. The number of benzene rings is 1. The second-order valence-corrected chi connectivity index (χ2v) is 10.3. The molecule has 0 bridgehead atoms. The van der Waals surface area contributed by atoms with Gasteiger partial charge in [0, 0.05) is 12.6 Å². The van der Waals surface area contributed by atoms with Crippen LogP contribution in [0.2, 0.25) is 0 Å². The molecular formula is C20H25N3O5S. The minimum Gasteiger partial charge on any atom is -0.337 e. The van der Waals surface area contributed by atoms with Crippen molar-refractivity contribution in [2.45, 2.75) is 44.2 Å². The van der Waals surface area contributed by atoms with E-state index in [0.717, 1.165) is 16.0 Å². The number of urea groups is 1. The number of rotatable bonds is 5. The third kappa shape index (κ3) is 3.31. The lowest BCUT2D eigenvalue weighted by Crippen LogP contribution is -2.48. The smallest absolute Gasteiger partial charge is 0.325 e. The van der Waals surface area contributed by atoms with Crippen LogP contribution in [0, 0.1) is 0 Å². The standard InChI is InChI=1S/C20H25N3O5S/c1-2-10-22(15-8-11-29(27,28)13-15)17(24)12-23-18(25)20(21-19(23)26)9-7-14-5-3-4-6-16(14)20/h3-6,15H,2,7-13H2,1H3,(H,21,26). The Morgan fingerprint density at radius 2 is 2.07 bits per heavy atom. The summed E-state index contributed by atoms with van der Waals surface area (Å²) in [5.41, 5.74) is 0.721. The molecule has 2 fully saturated rings. The number of nitrogens with zero attached hydrogens (tertiary/aromatic N) is 2. The summed E-state index contributed by atoms with van der Waals surface area (Å²) in [7, 11) is -3.15. The summed E-state index contributed by atoms with van der Waals surface area (Å²) < 4.78 is 23.7. The van der Waals surface area contributed by atoms with Gasteiger partial charge < -0.3 is 10.2 Å². The molecule has 4 rings (SSSR count). The first-order chi connectivity index (χ1) is 13.8. The third-order valence-electron chi connectivity index (χ3n) is 6.15. The predicted molar refractivity (Wildman–Crippen MR) is 106 cm³/mol. The number of hydrogen-bond donors (Lipinski definition) is 1. The van der Waals surface area contributed by atoms with Crippen molar-refractivity contribution in [3.8, 4) is 0 Å². The zero-order valence-corrected chi connectivity index (χ0v) is 17.2. The Bertz CT molecular complexity index is 976. The molecule has 2 heterocycles. The Morgan fingerprint density at radius 3 is 2.76 bits per heavy atom. The molecule has 2 aliphatic heterocycles. The van der Waals surface area contributed by atoms with E-state index < -0.39 is 33.4 Å². The lowest BCUT2D eigenvalue weighted by atomic mass is 9.92. The number of hydrogen-bond acceptors (Lipinski definition) is 5. The largest absolute Gasteiger partial charge is 0.337 e. The summed E-state index contributed by atoms with van der Waals surface area (Å²) in [5.74, 6) is -0.790. The van der Waals surface area contributed by atoms with Gasteiger partial charge in [0.25, 0.3) is 5.91 Å². The minimum atomic E-state index is -3.15. The second-order valence-electron chi connectivity index (χ2n) is 8.03. The molecule has 0 saturated carbocycles. The fourth-order valence-electron chi connectivity index (χ4n) is 4.73. The highest BCUT2D eigenvalue weighted by Crippen LogP contribution is 2.41. The normalized spacial score (nSPS) is 27.3. The topological polar surface area (TPSA) is 104 Å². The molecule has 1 aromatic rings. The fraction of sp³-hybridized carbons (Fsp3) is 0.550. The number of amides is 4. The maximum atomic E-state index is 13.2. The molecule has 1 aromatic carbocycles. The first-order valence-electron chi connectivity index (χ1n) is 10.00. The lowest BCUT2D eigenvalue weighted by Gasteiger charge is -2.29. The Labute approximate surface area is 170 Å². The monoisotopic (exact) mass is 419 g/mol. The van der Waals surface area contributed by atoms with Gasteiger partial charge in [-0.2, -0.15) is 0 Å². The first-order valence-corrected chi connectivity index (χ1v) is 11.8. The van der Waals surface area contributed by atoms with Crippen molar-refractivity contribution in [3.63, 3.8) is 0 Å². The van der Waals surface area contributed by atoms with Crippen LogP contribution >= 0.6 is 0 Å². The van der Waals surface area contributed by atoms with E-state index in [0.29, 0.717) is 32.2 Å². The van der Waals surface area contributed by atoms with E-state index in [-0.39, 0.29) is 24.0 Å². The quantitative estimate of drug-likeness (QED) is 0.711. The van der Waals surface area contributed by atoms with Gasteiger partial charge in [-0.1, -0.05) is 31.2 Å². The highest BCUT2D eigenvalue weighted by atomic mass is 32.2. The van der Waals surface area contributed by atoms with E-state index in [9.17, 15) is 22.8 Å². The summed E-state index contributed by atoms with van der Waals surface area (Å²) in [5, 5.41) is 2.82. The van der Waals surface area contributed by atoms with Crippen molar-refractivity contribution in [2.24, 2.45) is 0 Å². The van der Waals surface area contributed by atoms with Crippen LogP contribution < -0.4 is 5.32 Å². The van der Waals surface area contributed by atoms with Gasteiger partial charge in [-0.25, -0.2) is 13.2 Å². The van der Waals surface area contributed by atoms with Crippen molar-refractivity contribution in [2.75, 3.05) is 24.6 Å². The van der Waals surface area contributed by atoms with Crippen LogP contribution in [0.5, 0.6) is 0 Å². The van der Waals surface area contributed by atoms with Gasteiger partial charge in [-0.3, -0.25) is 14.5 Å². The van der Waals surface area contributed by atoms with Gasteiger partial charge in [0.15, 0.2) is 9.84 Å². The maximum absolute atomic E-state index is 13.2. The van der Waals surface area contributed by atoms with E-state index in [1.54, 1.807) is 0 Å². The molecule has 2 saturated heterocycles. The van der Waals surface area contributed by atoms with Crippen LogP contribution in [0.4, 0.5) is 4.79 Å². The summed E-state index contributed by atoms with van der Waals surface area (Å²) >= 11 is 0. The zero-order chi connectivity index (χ0) is 20.8. The van der Waals surface area contributed by atoms with Crippen LogP contribution in [-0.4, -0.2) is 66.7 Å². The molecule has 0 radical (unpaired) electrons. The number of imide groups is 1. The van der Waals surface area contributed by atoms with E-state index in [1.165, 1.54) is 4.90 Å². The Kier molecular flexibility index (Phi) is 4.88. The summed E-state index contributed by atoms with van der Waals surface area (Å²) in [4.78, 5) is 41.3. The molecular weight excluding hydrogens is 394 g/mol. The van der Waals surface area contributed by atoms with E-state index >= 15 is 0 Å². The Hall–Kier alpha value is -2.42. The summed E-state index contributed by atoms with van der Waals surface area (Å²) in [6.45, 7) is 1.93. The van der Waals surface area contributed by atoms with Gasteiger partial charge in [-0.15, -0.1) is 0 Å². The number of carbonyl (C=O) groups excluding carboxylic acids is 3. The minimum absolute atomic E-state index is 0.0593. The molecule has 3 aliphatic rings. The summed E-state index contributed by atoms with van der Waals surface area (Å²) in [6, 6.07) is 6.56. The van der Waals surface area contributed by atoms with Crippen molar-refractivity contribution >= 4 is 27.7 Å². The Balaban J connectivity index is 1.54. The average Bonchev–Trinajstić information content (AvgIpc) is 3.31. The molecule has 4 amide bonds. The van der Waals surface area contributed by atoms with Crippen molar-refractivity contribution < 1.29 is 22.8 Å². The first kappa shape index (κ1) is 19.9. The van der Waals surface area contributed by atoms with Crippen LogP contribution in [0.15, 0.2) is 24.3 Å². The lowest BCUT2D eigenvalue weighted by molar-refractivity contribution is -0.140. The van der Waals surface area contributed by atoms with Crippen LogP contribution in [0.1, 0.15) is 37.3 Å². The van der Waals surface area contributed by atoms with Crippen LogP contribution in [0.25, 0.3) is 0 Å². The van der Waals surface area contributed by atoms with Crippen molar-refractivity contribution in [1.82, 2.24) is 15.1 Å². The molecule has 0 aromatic heterocycles. The third-order valence-corrected chi connectivity index (χ3v) is 7.90. The average molecular weight is 420 g/mol. The number of sulfone groups is 1. The molecule has 1 spiro atoms. The second kappa shape index (κ2) is 7.12. The van der Waals surface area contributed by atoms with Gasteiger partial charge in [0.1, 0.15) is 12.1 Å². The number of fused-ring (bicyclic) bond motifs is 2. The number of aryl methyl sites for hydroxylation is 1. The molecule has 9 heteroatoms. The molecule has 8 nitrogen and oxygen atoms in total. The summed E-state index contributed by atoms with van der Waals surface area (Å²) in [6.07, 6.45) is 2.22. The van der Waals surface area contributed by atoms with E-state index in [1.807, 2.05) is 31.2 Å². The molecule has 29 heavy (non-hydrogen) atoms. The highest BCUT2D eigenvalue weighted by Gasteiger charge is 2.55. The number of nitrogens with one attached hydrogen (secondary N) is 1. The molecule has 2 atom stereocenters. The van der Waals surface area contributed by atoms with Gasteiger partial charge >= 0.3 is 6.03 Å². The predicted octanol–water partition coefficient (Wildman–Crippen LogP) is 0.806. The van der Waals surface area contributed by atoms with Gasteiger partial charge in [-0.05, 0) is 36.8 Å². The molecule has 1 N–H and O–H groups in total. The molecule has 156 valence electrons. The highest BCUT2D eigenvalue weighted by molar-refractivity contribution is 7.91. The van der Waals surface area contributed by atoms with Crippen LogP contribution in [0.3, 0.4) is 0 Å². The SMILES string of the molecule is CCCN(C(=O)CN1C(=O)NC2(CCc3ccccc32)C1=O)C1CCS(=O)(=O)C1. The number of carbonyl (C=O) groups is 3. The van der Waals surface area contributed by atoms with Gasteiger partial charge in [0.05, 0.1) is 11.5 Å². The Morgan fingerprint density at radius 1 is 1.31 bits per heavy atom. The van der Waals surface area contributed by atoms with E-state index in [2.05, 4.69) is 5.32 Å².